The molecule has 0 spiro atoms. The van der Waals surface area contributed by atoms with Crippen LogP contribution in [-0.2, 0) is 9.53 Å². The number of amides is 1. The van der Waals surface area contributed by atoms with Crippen molar-refractivity contribution in [3.05, 3.63) is 0 Å². The van der Waals surface area contributed by atoms with Gasteiger partial charge in [0.15, 0.2) is 5.67 Å². The number of likely N-dealkylation sites (N-methyl/N-ethyl adjacent to an activating group) is 1. The fourth-order valence-corrected chi connectivity index (χ4v) is 3.38. The topological polar surface area (TPSA) is 32.8 Å². The minimum absolute atomic E-state index is 0.0892. The Kier molecular flexibility index (Phi) is 3.52. The second-order valence-electron chi connectivity index (χ2n) is 6.29. The molecule has 0 radical (unpaired) electrons. The third-order valence-corrected chi connectivity index (χ3v) is 4.86. The minimum Gasteiger partial charge on any atom is -0.375 e. The lowest BCUT2D eigenvalue weighted by atomic mass is 9.80. The largest absolute Gasteiger partial charge is 0.375 e. The van der Waals surface area contributed by atoms with E-state index in [-0.39, 0.29) is 12.0 Å². The van der Waals surface area contributed by atoms with Crippen molar-refractivity contribution in [2.75, 3.05) is 39.8 Å². The number of likely N-dealkylation sites (tertiary alicyclic amines) is 1. The van der Waals surface area contributed by atoms with E-state index in [2.05, 4.69) is 11.9 Å². The van der Waals surface area contributed by atoms with Crippen LogP contribution in [0.2, 0.25) is 0 Å². The molecule has 4 nitrogen and oxygen atoms in total. The quantitative estimate of drug-likeness (QED) is 0.714. The van der Waals surface area contributed by atoms with Crippen LogP contribution in [0.25, 0.3) is 0 Å². The molecule has 1 aliphatic carbocycles. The first kappa shape index (κ1) is 13.3. The number of hydrogen-bond acceptors (Lipinski definition) is 3. The van der Waals surface area contributed by atoms with Gasteiger partial charge in [0.1, 0.15) is 0 Å². The van der Waals surface area contributed by atoms with E-state index in [0.29, 0.717) is 38.5 Å². The highest BCUT2D eigenvalue weighted by molar-refractivity contribution is 5.86. The Morgan fingerprint density at radius 1 is 1.32 bits per heavy atom. The molecule has 2 heterocycles. The van der Waals surface area contributed by atoms with Crippen LogP contribution in [0.15, 0.2) is 0 Å². The van der Waals surface area contributed by atoms with E-state index < -0.39 is 5.67 Å². The Hall–Kier alpha value is -0.680. The average molecular weight is 270 g/mol. The Bertz CT molecular complexity index is 359. The number of fused-ring (bicyclic) bond motifs is 1. The van der Waals surface area contributed by atoms with Gasteiger partial charge in [-0.2, -0.15) is 0 Å². The monoisotopic (exact) mass is 270 g/mol. The number of nitrogens with zero attached hydrogens (tertiary/aromatic N) is 2. The lowest BCUT2D eigenvalue weighted by Gasteiger charge is -2.42. The van der Waals surface area contributed by atoms with E-state index in [1.54, 1.807) is 4.90 Å². The highest BCUT2D eigenvalue weighted by Gasteiger charge is 2.48. The fourth-order valence-electron chi connectivity index (χ4n) is 3.38. The first-order chi connectivity index (χ1) is 9.08. The summed E-state index contributed by atoms with van der Waals surface area (Å²) in [6.07, 6.45) is 2.66. The van der Waals surface area contributed by atoms with Crippen LogP contribution in [0.1, 0.15) is 25.7 Å². The second-order valence-corrected chi connectivity index (χ2v) is 6.29. The van der Waals surface area contributed by atoms with Crippen molar-refractivity contribution in [3.63, 3.8) is 0 Å². The maximum Gasteiger partial charge on any atom is 0.260 e. The first-order valence-electron chi connectivity index (χ1n) is 7.37. The van der Waals surface area contributed by atoms with Crippen LogP contribution in [0.3, 0.4) is 0 Å². The maximum absolute atomic E-state index is 14.2. The van der Waals surface area contributed by atoms with Crippen molar-refractivity contribution >= 4 is 5.91 Å². The number of alkyl halides is 1. The van der Waals surface area contributed by atoms with Crippen LogP contribution in [0, 0.1) is 5.92 Å². The number of carbonyl (C=O) groups excluding carboxylic acids is 1. The van der Waals surface area contributed by atoms with Gasteiger partial charge in [0, 0.05) is 32.1 Å². The molecule has 3 aliphatic rings. The number of ether oxygens (including phenoxy) is 1. The molecule has 2 aliphatic heterocycles. The van der Waals surface area contributed by atoms with Crippen molar-refractivity contribution in [3.8, 4) is 0 Å². The third kappa shape index (κ3) is 2.50. The molecule has 0 aromatic rings. The Balaban J connectivity index is 1.63. The number of rotatable bonds is 1. The predicted molar refractivity (Wildman–Crippen MR) is 69.6 cm³/mol. The standard InChI is InChI=1S/C14H23FN2O2/c1-16-7-8-19-12-10-17(6-3-11(12)9-16)13(18)14(15)4-2-5-14/h11-12H,2-10H2,1H3/t11-,12-/m1/s1. The van der Waals surface area contributed by atoms with Crippen LogP contribution in [0.4, 0.5) is 4.39 Å². The number of hydrogen-bond donors (Lipinski definition) is 0. The highest BCUT2D eigenvalue weighted by atomic mass is 19.1. The highest BCUT2D eigenvalue weighted by Crippen LogP contribution is 2.38. The summed E-state index contributed by atoms with van der Waals surface area (Å²) in [6.45, 7) is 3.92. The molecule has 0 bridgehead atoms. The molecular weight excluding hydrogens is 247 g/mol. The third-order valence-electron chi connectivity index (χ3n) is 4.86. The summed E-state index contributed by atoms with van der Waals surface area (Å²) in [4.78, 5) is 16.2. The Morgan fingerprint density at radius 3 is 2.79 bits per heavy atom. The molecular formula is C14H23FN2O2. The van der Waals surface area contributed by atoms with Crippen molar-refractivity contribution < 1.29 is 13.9 Å². The van der Waals surface area contributed by atoms with E-state index in [1.807, 2.05) is 0 Å². The van der Waals surface area contributed by atoms with E-state index in [9.17, 15) is 9.18 Å². The number of piperidine rings is 1. The van der Waals surface area contributed by atoms with Gasteiger partial charge in [-0.25, -0.2) is 4.39 Å². The zero-order valence-electron chi connectivity index (χ0n) is 11.6. The average Bonchev–Trinajstić information content (AvgIpc) is 2.54. The molecule has 2 atom stereocenters. The number of halogens is 1. The van der Waals surface area contributed by atoms with Crippen molar-refractivity contribution in [1.29, 1.82) is 0 Å². The fraction of sp³-hybridized carbons (Fsp3) is 0.929. The van der Waals surface area contributed by atoms with Crippen LogP contribution < -0.4 is 0 Å². The van der Waals surface area contributed by atoms with Gasteiger partial charge in [-0.15, -0.1) is 0 Å². The Morgan fingerprint density at radius 2 is 2.11 bits per heavy atom. The lowest BCUT2D eigenvalue weighted by molar-refractivity contribution is -0.155. The molecule has 2 saturated heterocycles. The summed E-state index contributed by atoms with van der Waals surface area (Å²) in [5.41, 5.74) is -1.56. The van der Waals surface area contributed by atoms with E-state index in [1.165, 1.54) is 0 Å². The van der Waals surface area contributed by atoms with Crippen molar-refractivity contribution in [2.45, 2.75) is 37.5 Å². The van der Waals surface area contributed by atoms with Gasteiger partial charge >= 0.3 is 0 Å². The predicted octanol–water partition coefficient (Wildman–Crippen LogP) is 1.06. The lowest BCUT2D eigenvalue weighted by Crippen LogP contribution is -2.56. The maximum atomic E-state index is 14.2. The van der Waals surface area contributed by atoms with Crippen molar-refractivity contribution in [2.24, 2.45) is 5.92 Å². The molecule has 0 aromatic carbocycles. The van der Waals surface area contributed by atoms with E-state index in [0.717, 1.165) is 25.9 Å². The molecule has 3 rings (SSSR count). The van der Waals surface area contributed by atoms with Crippen LogP contribution in [0.5, 0.6) is 0 Å². The SMILES string of the molecule is CN1CCO[C@@H]2CN(C(=O)C3(F)CCC3)CC[C@@H]2C1. The molecule has 0 unspecified atom stereocenters. The first-order valence-corrected chi connectivity index (χ1v) is 7.37. The zero-order chi connectivity index (χ0) is 13.5. The van der Waals surface area contributed by atoms with E-state index >= 15 is 0 Å². The molecule has 1 amide bonds. The second kappa shape index (κ2) is 5.02. The summed E-state index contributed by atoms with van der Waals surface area (Å²) in [5.74, 6) is 0.187. The Labute approximate surface area is 113 Å². The van der Waals surface area contributed by atoms with Gasteiger partial charge in [-0.1, -0.05) is 0 Å². The molecule has 1 saturated carbocycles. The summed E-state index contributed by atoms with van der Waals surface area (Å²) in [7, 11) is 2.11. The molecule has 3 fully saturated rings. The van der Waals surface area contributed by atoms with Crippen LogP contribution >= 0.6 is 0 Å². The van der Waals surface area contributed by atoms with Gasteiger partial charge in [0.25, 0.3) is 5.91 Å². The van der Waals surface area contributed by atoms with Crippen molar-refractivity contribution in [1.82, 2.24) is 9.80 Å². The van der Waals surface area contributed by atoms with Gasteiger partial charge < -0.3 is 14.5 Å². The smallest absolute Gasteiger partial charge is 0.260 e. The molecule has 108 valence electrons. The molecule has 5 heteroatoms. The molecule has 0 aromatic heterocycles. The van der Waals surface area contributed by atoms with Crippen LogP contribution in [-0.4, -0.2) is 67.3 Å². The van der Waals surface area contributed by atoms with E-state index in [4.69, 9.17) is 4.74 Å². The molecule has 19 heavy (non-hydrogen) atoms. The van der Waals surface area contributed by atoms with Gasteiger partial charge in [0.05, 0.1) is 12.7 Å². The normalized spacial score (nSPS) is 35.2. The van der Waals surface area contributed by atoms with Gasteiger partial charge in [0.2, 0.25) is 0 Å². The summed E-state index contributed by atoms with van der Waals surface area (Å²) in [6, 6.07) is 0. The molecule has 0 N–H and O–H groups in total. The van der Waals surface area contributed by atoms with Gasteiger partial charge in [-0.3, -0.25) is 4.79 Å². The minimum atomic E-state index is -1.56. The number of carbonyl (C=O) groups is 1. The summed E-state index contributed by atoms with van der Waals surface area (Å²) < 4.78 is 20.1. The van der Waals surface area contributed by atoms with Gasteiger partial charge in [-0.05, 0) is 32.7 Å². The summed E-state index contributed by atoms with van der Waals surface area (Å²) >= 11 is 0. The zero-order valence-corrected chi connectivity index (χ0v) is 11.6. The summed E-state index contributed by atoms with van der Waals surface area (Å²) in [5, 5.41) is 0.